The Morgan fingerprint density at radius 2 is 2.00 bits per heavy atom. The first kappa shape index (κ1) is 17.7. The summed E-state index contributed by atoms with van der Waals surface area (Å²) >= 11 is 1.29. The Morgan fingerprint density at radius 1 is 1.19 bits per heavy atom. The van der Waals surface area contributed by atoms with Crippen molar-refractivity contribution in [3.8, 4) is 0 Å². The Kier molecular flexibility index (Phi) is 5.34. The second-order valence-electron chi connectivity index (χ2n) is 5.55. The number of ketones is 1. The van der Waals surface area contributed by atoms with Gasteiger partial charge in [-0.05, 0) is 29.7 Å². The van der Waals surface area contributed by atoms with Gasteiger partial charge in [-0.1, -0.05) is 43.3 Å². The van der Waals surface area contributed by atoms with E-state index in [1.54, 1.807) is 48.0 Å². The van der Waals surface area contributed by atoms with Crippen molar-refractivity contribution >= 4 is 35.0 Å². The molecule has 5 nitrogen and oxygen atoms in total. The summed E-state index contributed by atoms with van der Waals surface area (Å²) in [5.74, 6) is -0.141. The molecule has 0 bridgehead atoms. The molecule has 0 atom stereocenters. The summed E-state index contributed by atoms with van der Waals surface area (Å²) in [7, 11) is 0. The van der Waals surface area contributed by atoms with Gasteiger partial charge in [0.15, 0.2) is 5.01 Å². The molecule has 0 aliphatic heterocycles. The molecule has 2 aromatic carbocycles. The third-order valence-electron chi connectivity index (χ3n) is 4.01. The molecule has 0 aliphatic carbocycles. The van der Waals surface area contributed by atoms with Gasteiger partial charge in [0.2, 0.25) is 5.78 Å². The summed E-state index contributed by atoms with van der Waals surface area (Å²) in [5, 5.41) is 13.4. The average molecular weight is 364 g/mol. The molecule has 6 heteroatoms. The Hall–Kier alpha value is -3.12. The molecule has 0 saturated carbocycles. The molecular formula is C20H16N2O3S. The lowest BCUT2D eigenvalue weighted by Crippen LogP contribution is -2.05. The van der Waals surface area contributed by atoms with E-state index in [2.05, 4.69) is 4.98 Å². The van der Waals surface area contributed by atoms with Crippen molar-refractivity contribution in [2.75, 3.05) is 0 Å². The largest absolute Gasteiger partial charge is 0.286 e. The molecule has 0 spiro atoms. The van der Waals surface area contributed by atoms with E-state index >= 15 is 0 Å². The van der Waals surface area contributed by atoms with Gasteiger partial charge in [0.25, 0.3) is 5.69 Å². The molecule has 26 heavy (non-hydrogen) atoms. The first-order valence-electron chi connectivity index (χ1n) is 8.09. The maximum Gasteiger partial charge on any atom is 0.276 e. The van der Waals surface area contributed by atoms with Crippen molar-refractivity contribution < 1.29 is 9.72 Å². The Morgan fingerprint density at radius 3 is 2.69 bits per heavy atom. The zero-order chi connectivity index (χ0) is 18.5. The number of aromatic nitrogens is 1. The maximum absolute atomic E-state index is 12.8. The average Bonchev–Trinajstić information content (AvgIpc) is 3.20. The normalized spacial score (nSPS) is 11.0. The minimum absolute atomic E-state index is 0.0329. The van der Waals surface area contributed by atoms with Crippen LogP contribution in [0.25, 0.3) is 12.2 Å². The molecule has 0 radical (unpaired) electrons. The van der Waals surface area contributed by atoms with Crippen LogP contribution < -0.4 is 0 Å². The third kappa shape index (κ3) is 3.60. The van der Waals surface area contributed by atoms with Crippen LogP contribution in [-0.2, 0) is 6.42 Å². The fourth-order valence-corrected chi connectivity index (χ4v) is 3.32. The topological polar surface area (TPSA) is 73.1 Å². The highest BCUT2D eigenvalue weighted by molar-refractivity contribution is 7.11. The lowest BCUT2D eigenvalue weighted by Gasteiger charge is -2.09. The van der Waals surface area contributed by atoms with E-state index in [0.717, 1.165) is 17.5 Å². The van der Waals surface area contributed by atoms with Crippen molar-refractivity contribution in [3.05, 3.63) is 91.4 Å². The lowest BCUT2D eigenvalue weighted by molar-refractivity contribution is -0.385. The van der Waals surface area contributed by atoms with Crippen molar-refractivity contribution in [2.45, 2.75) is 13.3 Å². The number of hydrogen-bond acceptors (Lipinski definition) is 5. The van der Waals surface area contributed by atoms with Gasteiger partial charge in [0.1, 0.15) is 0 Å². The molecule has 0 fully saturated rings. The summed E-state index contributed by atoms with van der Waals surface area (Å²) in [4.78, 5) is 27.7. The summed E-state index contributed by atoms with van der Waals surface area (Å²) in [6.07, 6.45) is 5.81. The Labute approximate surface area is 154 Å². The van der Waals surface area contributed by atoms with Crippen LogP contribution in [0.2, 0.25) is 0 Å². The highest BCUT2D eigenvalue weighted by Gasteiger charge is 2.17. The number of nitrogens with zero attached hydrogens (tertiary/aromatic N) is 2. The van der Waals surface area contributed by atoms with E-state index in [1.807, 2.05) is 19.1 Å². The van der Waals surface area contributed by atoms with Crippen LogP contribution in [-0.4, -0.2) is 15.7 Å². The second kappa shape index (κ2) is 7.84. The third-order valence-corrected chi connectivity index (χ3v) is 4.78. The van der Waals surface area contributed by atoms with Crippen molar-refractivity contribution in [1.82, 2.24) is 4.98 Å². The quantitative estimate of drug-likeness (QED) is 0.267. The van der Waals surface area contributed by atoms with Gasteiger partial charge < -0.3 is 0 Å². The number of nitro benzene ring substituents is 1. The number of thiazole rings is 1. The lowest BCUT2D eigenvalue weighted by atomic mass is 9.95. The molecule has 0 N–H and O–H groups in total. The molecule has 0 amide bonds. The number of rotatable bonds is 6. The maximum atomic E-state index is 12.8. The highest BCUT2D eigenvalue weighted by atomic mass is 32.1. The number of para-hydroxylation sites is 1. The summed E-state index contributed by atoms with van der Waals surface area (Å²) in [5.41, 5.74) is 2.85. The molecule has 0 aliphatic rings. The van der Waals surface area contributed by atoms with Crippen LogP contribution in [0.1, 0.15) is 39.0 Å². The smallest absolute Gasteiger partial charge is 0.276 e. The molecule has 130 valence electrons. The fourth-order valence-electron chi connectivity index (χ4n) is 2.73. The highest BCUT2D eigenvalue weighted by Crippen LogP contribution is 2.25. The van der Waals surface area contributed by atoms with Gasteiger partial charge in [-0.25, -0.2) is 4.98 Å². The fraction of sp³-hybridized carbons (Fsp3) is 0.100. The van der Waals surface area contributed by atoms with Gasteiger partial charge in [-0.2, -0.15) is 0 Å². The first-order valence-corrected chi connectivity index (χ1v) is 8.97. The zero-order valence-corrected chi connectivity index (χ0v) is 14.9. The Bertz CT molecular complexity index is 978. The number of benzene rings is 2. The predicted octanol–water partition coefficient (Wildman–Crippen LogP) is 5.02. The van der Waals surface area contributed by atoms with E-state index in [4.69, 9.17) is 0 Å². The number of aryl methyl sites for hydroxylation is 1. The minimum atomic E-state index is -0.410. The van der Waals surface area contributed by atoms with E-state index in [9.17, 15) is 14.9 Å². The van der Waals surface area contributed by atoms with Crippen LogP contribution in [0.4, 0.5) is 5.69 Å². The molecule has 1 aromatic heterocycles. The Balaban J connectivity index is 2.07. The second-order valence-corrected chi connectivity index (χ2v) is 6.44. The summed E-state index contributed by atoms with van der Waals surface area (Å²) in [6, 6.07) is 12.1. The number of carbonyl (C=O) groups is 1. The predicted molar refractivity (Wildman–Crippen MR) is 103 cm³/mol. The first-order chi connectivity index (χ1) is 12.6. The summed E-state index contributed by atoms with van der Waals surface area (Å²) in [6.45, 7) is 2.01. The van der Waals surface area contributed by atoms with Crippen molar-refractivity contribution in [3.63, 3.8) is 0 Å². The number of hydrogen-bond donors (Lipinski definition) is 0. The number of nitro groups is 1. The van der Waals surface area contributed by atoms with Crippen LogP contribution in [0.5, 0.6) is 0 Å². The van der Waals surface area contributed by atoms with Gasteiger partial charge in [0, 0.05) is 23.2 Å². The van der Waals surface area contributed by atoms with Crippen molar-refractivity contribution in [1.29, 1.82) is 0 Å². The zero-order valence-electron chi connectivity index (χ0n) is 14.1. The molecule has 0 saturated heterocycles. The van der Waals surface area contributed by atoms with Crippen LogP contribution in [0.15, 0.2) is 54.0 Å². The molecule has 3 rings (SSSR count). The minimum Gasteiger partial charge on any atom is -0.286 e. The van der Waals surface area contributed by atoms with Crippen LogP contribution in [0, 0.1) is 10.1 Å². The van der Waals surface area contributed by atoms with Gasteiger partial charge in [-0.15, -0.1) is 11.3 Å². The summed E-state index contributed by atoms with van der Waals surface area (Å²) < 4.78 is 0. The molecule has 0 unspecified atom stereocenters. The number of carbonyl (C=O) groups excluding carboxylic acids is 1. The van der Waals surface area contributed by atoms with E-state index in [0.29, 0.717) is 16.1 Å². The molecule has 1 heterocycles. The van der Waals surface area contributed by atoms with Gasteiger partial charge in [0.05, 0.1) is 10.5 Å². The standard InChI is InChI=1S/C20H16N2O3S/c1-2-14-7-5-8-17(19(23)20-21-12-13-26-20)16(14)11-10-15-6-3-4-9-18(15)22(24)25/h3-13H,2H2,1H3. The van der Waals surface area contributed by atoms with Crippen LogP contribution >= 0.6 is 11.3 Å². The van der Waals surface area contributed by atoms with Gasteiger partial charge in [-0.3, -0.25) is 14.9 Å². The van der Waals surface area contributed by atoms with Gasteiger partial charge >= 0.3 is 0 Å². The molecular weight excluding hydrogens is 348 g/mol. The monoisotopic (exact) mass is 364 g/mol. The van der Waals surface area contributed by atoms with E-state index in [1.165, 1.54) is 17.4 Å². The SMILES string of the molecule is CCc1cccc(C(=O)c2nccs2)c1C=Cc1ccccc1[N+](=O)[O-]. The molecule has 3 aromatic rings. The van der Waals surface area contributed by atoms with E-state index in [-0.39, 0.29) is 11.5 Å². The van der Waals surface area contributed by atoms with Crippen LogP contribution in [0.3, 0.4) is 0 Å². The van der Waals surface area contributed by atoms with E-state index < -0.39 is 4.92 Å². The van der Waals surface area contributed by atoms with Crippen molar-refractivity contribution in [2.24, 2.45) is 0 Å².